The lowest BCUT2D eigenvalue weighted by molar-refractivity contribution is 0.240. The minimum atomic E-state index is 0.798. The van der Waals surface area contributed by atoms with Crippen molar-refractivity contribution in [1.29, 1.82) is 0 Å². The van der Waals surface area contributed by atoms with Gasteiger partial charge in [-0.3, -0.25) is 4.90 Å². The number of aromatic nitrogens is 3. The second-order valence-corrected chi connectivity index (χ2v) is 8.63. The van der Waals surface area contributed by atoms with Crippen LogP contribution in [0.5, 0.6) is 0 Å². The molecule has 32 heavy (non-hydrogen) atoms. The summed E-state index contributed by atoms with van der Waals surface area (Å²) in [6.45, 7) is 5.66. The number of fused-ring (bicyclic) bond motifs is 1. The lowest BCUT2D eigenvalue weighted by Crippen LogP contribution is -2.46. The van der Waals surface area contributed by atoms with Crippen LogP contribution < -0.4 is 4.90 Å². The molecule has 3 aromatic rings. The van der Waals surface area contributed by atoms with Gasteiger partial charge in [0, 0.05) is 74.6 Å². The van der Waals surface area contributed by atoms with Crippen molar-refractivity contribution in [3.8, 4) is 0 Å². The highest BCUT2D eigenvalue weighted by atomic mass is 16.5. The van der Waals surface area contributed by atoms with Crippen LogP contribution in [0.4, 0.5) is 5.82 Å². The molecule has 1 aliphatic carbocycles. The monoisotopic (exact) mass is 425 g/mol. The molecular formula is C26H27N5O. The molecule has 4 heterocycles. The number of imidazole rings is 1. The third-order valence-electron chi connectivity index (χ3n) is 6.56. The van der Waals surface area contributed by atoms with E-state index in [1.54, 1.807) is 0 Å². The largest absolute Gasteiger partial charge is 0.497 e. The maximum atomic E-state index is 5.73. The second kappa shape index (κ2) is 8.28. The van der Waals surface area contributed by atoms with E-state index in [0.29, 0.717) is 0 Å². The highest BCUT2D eigenvalue weighted by molar-refractivity contribution is 5.92. The number of benzene rings is 1. The number of hydrogen-bond acceptors (Lipinski definition) is 5. The summed E-state index contributed by atoms with van der Waals surface area (Å²) in [4.78, 5) is 17.8. The van der Waals surface area contributed by atoms with Crippen LogP contribution in [0.1, 0.15) is 24.4 Å². The number of nitrogens with one attached hydrogen (secondary N) is 1. The Morgan fingerprint density at radius 3 is 2.88 bits per heavy atom. The van der Waals surface area contributed by atoms with E-state index < -0.39 is 0 Å². The number of H-pyrrole nitrogens is 1. The number of allylic oxidation sites excluding steroid dienone is 4. The summed E-state index contributed by atoms with van der Waals surface area (Å²) < 4.78 is 5.73. The Morgan fingerprint density at radius 2 is 1.94 bits per heavy atom. The van der Waals surface area contributed by atoms with Crippen LogP contribution in [0.3, 0.4) is 0 Å². The lowest BCUT2D eigenvalue weighted by atomic mass is 10.1. The van der Waals surface area contributed by atoms with Gasteiger partial charge in [0.05, 0.1) is 6.61 Å². The van der Waals surface area contributed by atoms with Crippen molar-refractivity contribution in [2.24, 2.45) is 0 Å². The van der Waals surface area contributed by atoms with Crippen molar-refractivity contribution in [3.05, 3.63) is 83.8 Å². The Morgan fingerprint density at radius 1 is 1.03 bits per heavy atom. The summed E-state index contributed by atoms with van der Waals surface area (Å²) in [6, 6.07) is 10.6. The first kappa shape index (κ1) is 19.3. The first-order valence-corrected chi connectivity index (χ1v) is 11.4. The summed E-state index contributed by atoms with van der Waals surface area (Å²) >= 11 is 0. The standard InChI is InChI=1S/C26H27N5O/c1-2-6-23-19(4-1)8-10-27-26(23)31-13-11-30(12-14-31)18-22-17-28-25(29-22)21-5-3-7-24-20(16-21)9-15-32-24/h1-6,8,10,16-17H,7,9,11-15,18H2,(H,28,29). The molecule has 1 saturated heterocycles. The molecule has 6 rings (SSSR count). The normalized spacial score (nSPS) is 19.1. The van der Waals surface area contributed by atoms with Gasteiger partial charge in [0.15, 0.2) is 0 Å². The second-order valence-electron chi connectivity index (χ2n) is 8.63. The fourth-order valence-corrected chi connectivity index (χ4v) is 4.84. The molecule has 3 aliphatic rings. The molecule has 1 fully saturated rings. The molecule has 0 atom stereocenters. The van der Waals surface area contributed by atoms with Crippen molar-refractivity contribution >= 4 is 22.2 Å². The fraction of sp³-hybridized carbons (Fsp3) is 0.308. The van der Waals surface area contributed by atoms with Gasteiger partial charge in [-0.05, 0) is 23.1 Å². The number of anilines is 1. The fourth-order valence-electron chi connectivity index (χ4n) is 4.84. The number of nitrogens with zero attached hydrogens (tertiary/aromatic N) is 4. The van der Waals surface area contributed by atoms with Gasteiger partial charge >= 0.3 is 0 Å². The zero-order valence-electron chi connectivity index (χ0n) is 18.1. The van der Waals surface area contributed by atoms with E-state index >= 15 is 0 Å². The van der Waals surface area contributed by atoms with Crippen molar-refractivity contribution in [2.75, 3.05) is 37.7 Å². The van der Waals surface area contributed by atoms with Crippen molar-refractivity contribution in [1.82, 2.24) is 19.9 Å². The molecule has 0 unspecified atom stereocenters. The average molecular weight is 426 g/mol. The Balaban J connectivity index is 1.12. The van der Waals surface area contributed by atoms with Gasteiger partial charge < -0.3 is 14.6 Å². The van der Waals surface area contributed by atoms with Gasteiger partial charge in [-0.25, -0.2) is 9.97 Å². The zero-order valence-corrected chi connectivity index (χ0v) is 18.1. The quantitative estimate of drug-likeness (QED) is 0.676. The SMILES string of the molecule is C1=CC(c2ncc(CN3CCN(c4nccc5ccccc45)CC3)[nH]2)=CC2=C(C1)OCC2. The van der Waals surface area contributed by atoms with Gasteiger partial charge in [-0.1, -0.05) is 36.4 Å². The van der Waals surface area contributed by atoms with Crippen molar-refractivity contribution in [3.63, 3.8) is 0 Å². The first-order valence-electron chi connectivity index (χ1n) is 11.4. The summed E-state index contributed by atoms with van der Waals surface area (Å²) in [5, 5.41) is 2.48. The van der Waals surface area contributed by atoms with Gasteiger partial charge in [0.2, 0.25) is 0 Å². The minimum absolute atomic E-state index is 0.798. The van der Waals surface area contributed by atoms with E-state index in [2.05, 4.69) is 68.3 Å². The smallest absolute Gasteiger partial charge is 0.137 e. The van der Waals surface area contributed by atoms with Gasteiger partial charge in [0.1, 0.15) is 17.4 Å². The van der Waals surface area contributed by atoms with Crippen LogP contribution in [0.2, 0.25) is 0 Å². The number of ether oxygens (including phenoxy) is 1. The average Bonchev–Trinajstić information content (AvgIpc) is 3.44. The first-order chi connectivity index (χ1) is 15.8. The Bertz CT molecular complexity index is 1220. The van der Waals surface area contributed by atoms with Crippen LogP contribution in [0.15, 0.2) is 72.3 Å². The lowest BCUT2D eigenvalue weighted by Gasteiger charge is -2.35. The summed E-state index contributed by atoms with van der Waals surface area (Å²) in [6.07, 6.45) is 12.3. The Labute approximate surface area is 187 Å². The highest BCUT2D eigenvalue weighted by Crippen LogP contribution is 2.30. The molecule has 0 saturated carbocycles. The maximum absolute atomic E-state index is 5.73. The minimum Gasteiger partial charge on any atom is -0.497 e. The molecule has 6 heteroatoms. The Kier molecular flexibility index (Phi) is 5.00. The molecule has 0 amide bonds. The van der Waals surface area contributed by atoms with Gasteiger partial charge in [-0.15, -0.1) is 0 Å². The molecule has 0 spiro atoms. The molecule has 0 radical (unpaired) electrons. The number of piperazine rings is 1. The van der Waals surface area contributed by atoms with E-state index in [0.717, 1.165) is 80.8 Å². The van der Waals surface area contributed by atoms with E-state index in [4.69, 9.17) is 9.72 Å². The number of rotatable bonds is 4. The molecule has 6 nitrogen and oxygen atoms in total. The highest BCUT2D eigenvalue weighted by Gasteiger charge is 2.21. The molecule has 2 aromatic heterocycles. The number of aromatic amines is 1. The van der Waals surface area contributed by atoms with Crippen molar-refractivity contribution in [2.45, 2.75) is 19.4 Å². The third-order valence-corrected chi connectivity index (χ3v) is 6.56. The molecule has 2 aliphatic heterocycles. The molecule has 1 N–H and O–H groups in total. The van der Waals surface area contributed by atoms with E-state index in [-0.39, 0.29) is 0 Å². The number of hydrogen-bond donors (Lipinski definition) is 1. The molecule has 1 aromatic carbocycles. The van der Waals surface area contributed by atoms with E-state index in [1.165, 1.54) is 16.3 Å². The van der Waals surface area contributed by atoms with Crippen LogP contribution in [-0.4, -0.2) is 52.6 Å². The van der Waals surface area contributed by atoms with Crippen LogP contribution in [0, 0.1) is 0 Å². The predicted octanol–water partition coefficient (Wildman–Crippen LogP) is 4.30. The summed E-state index contributed by atoms with van der Waals surface area (Å²) in [7, 11) is 0. The van der Waals surface area contributed by atoms with Crippen LogP contribution >= 0.6 is 0 Å². The topological polar surface area (TPSA) is 57.3 Å². The van der Waals surface area contributed by atoms with Crippen LogP contribution in [-0.2, 0) is 11.3 Å². The van der Waals surface area contributed by atoms with E-state index in [9.17, 15) is 0 Å². The van der Waals surface area contributed by atoms with Crippen LogP contribution in [0.25, 0.3) is 16.3 Å². The van der Waals surface area contributed by atoms with Gasteiger partial charge in [-0.2, -0.15) is 0 Å². The molecule has 162 valence electrons. The summed E-state index contributed by atoms with van der Waals surface area (Å²) in [5.41, 5.74) is 3.60. The maximum Gasteiger partial charge on any atom is 0.137 e. The van der Waals surface area contributed by atoms with Crippen molar-refractivity contribution < 1.29 is 4.74 Å². The zero-order chi connectivity index (χ0) is 21.3. The molecular weight excluding hydrogens is 398 g/mol. The number of pyridine rings is 1. The molecule has 0 bridgehead atoms. The van der Waals surface area contributed by atoms with E-state index in [1.807, 2.05) is 12.4 Å². The summed E-state index contributed by atoms with van der Waals surface area (Å²) in [5.74, 6) is 3.15. The predicted molar refractivity (Wildman–Crippen MR) is 127 cm³/mol. The van der Waals surface area contributed by atoms with Gasteiger partial charge in [0.25, 0.3) is 0 Å². The Hall–Kier alpha value is -3.38. The third kappa shape index (κ3) is 3.71.